The summed E-state index contributed by atoms with van der Waals surface area (Å²) in [5, 5.41) is 2.87. The molecule has 8 nitrogen and oxygen atoms in total. The normalized spacial score (nSPS) is 14.7. The van der Waals surface area contributed by atoms with E-state index in [-0.39, 0.29) is 29.3 Å². The Balaban J connectivity index is 1.70. The van der Waals surface area contributed by atoms with Crippen LogP contribution in [0.25, 0.3) is 0 Å². The minimum absolute atomic E-state index is 0.00843. The molecule has 0 spiro atoms. The summed E-state index contributed by atoms with van der Waals surface area (Å²) in [6.45, 7) is 3.38. The molecule has 3 aromatic rings. The zero-order chi connectivity index (χ0) is 28.2. The molecule has 1 aliphatic rings. The Hall–Kier alpha value is -4.05. The van der Waals surface area contributed by atoms with Gasteiger partial charge in [0.2, 0.25) is 11.8 Å². The van der Waals surface area contributed by atoms with Gasteiger partial charge >= 0.3 is 0 Å². The van der Waals surface area contributed by atoms with Crippen LogP contribution in [-0.4, -0.2) is 54.5 Å². The van der Waals surface area contributed by atoms with Crippen LogP contribution in [0.2, 0.25) is 0 Å². The molecule has 204 valence electrons. The van der Waals surface area contributed by atoms with Crippen LogP contribution in [0.15, 0.2) is 83.8 Å². The van der Waals surface area contributed by atoms with E-state index in [0.717, 1.165) is 5.56 Å². The highest BCUT2D eigenvalue weighted by molar-refractivity contribution is 7.90. The second-order valence-electron chi connectivity index (χ2n) is 9.81. The van der Waals surface area contributed by atoms with Crippen molar-refractivity contribution in [1.29, 1.82) is 0 Å². The van der Waals surface area contributed by atoms with Crippen molar-refractivity contribution in [1.82, 2.24) is 14.5 Å². The van der Waals surface area contributed by atoms with Crippen LogP contribution < -0.4 is 5.32 Å². The average molecular weight is 552 g/mol. The van der Waals surface area contributed by atoms with Gasteiger partial charge in [0.1, 0.15) is 23.3 Å². The van der Waals surface area contributed by atoms with E-state index in [2.05, 4.69) is 5.32 Å². The van der Waals surface area contributed by atoms with E-state index >= 15 is 0 Å². The molecule has 0 bridgehead atoms. The van der Waals surface area contributed by atoms with Gasteiger partial charge in [-0.25, -0.2) is 17.1 Å². The lowest BCUT2D eigenvalue weighted by Crippen LogP contribution is -2.53. The van der Waals surface area contributed by atoms with Gasteiger partial charge < -0.3 is 10.2 Å². The van der Waals surface area contributed by atoms with Crippen molar-refractivity contribution in [2.24, 2.45) is 5.92 Å². The molecule has 1 unspecified atom stereocenters. The van der Waals surface area contributed by atoms with E-state index in [4.69, 9.17) is 0 Å². The van der Waals surface area contributed by atoms with Crippen LogP contribution in [0.3, 0.4) is 0 Å². The third-order valence-electron chi connectivity index (χ3n) is 6.41. The summed E-state index contributed by atoms with van der Waals surface area (Å²) >= 11 is 0. The summed E-state index contributed by atoms with van der Waals surface area (Å²) in [5.74, 6) is -2.26. The van der Waals surface area contributed by atoms with Gasteiger partial charge in [0.05, 0.1) is 5.56 Å². The molecule has 0 aliphatic carbocycles. The van der Waals surface area contributed by atoms with Crippen molar-refractivity contribution < 1.29 is 27.2 Å². The van der Waals surface area contributed by atoms with Crippen molar-refractivity contribution in [3.8, 4) is 0 Å². The lowest BCUT2D eigenvalue weighted by molar-refractivity contribution is -0.141. The molecule has 1 N–H and O–H groups in total. The summed E-state index contributed by atoms with van der Waals surface area (Å²) in [5.41, 5.74) is 1.32. The second kappa shape index (κ2) is 11.8. The number of benzene rings is 3. The first-order valence-corrected chi connectivity index (χ1v) is 14.0. The number of nitrogens with zero attached hydrogens (tertiary/aromatic N) is 2. The van der Waals surface area contributed by atoms with Gasteiger partial charge in [0.25, 0.3) is 15.9 Å². The first-order valence-electron chi connectivity index (χ1n) is 12.6. The average Bonchev–Trinajstić information content (AvgIpc) is 3.11. The van der Waals surface area contributed by atoms with E-state index in [1.54, 1.807) is 6.07 Å². The third kappa shape index (κ3) is 6.34. The molecule has 10 heteroatoms. The summed E-state index contributed by atoms with van der Waals surface area (Å²) in [7, 11) is -4.24. The SMILES string of the molecule is CC(C)CNC(=O)C(Cc1ccccc1)N(Cc1ccc(F)cc1)C(=O)CN1C(=O)c2ccccc2S1(=O)=O. The maximum absolute atomic E-state index is 13.8. The molecule has 0 fully saturated rings. The van der Waals surface area contributed by atoms with Gasteiger partial charge in [-0.15, -0.1) is 0 Å². The molecule has 0 aromatic heterocycles. The number of nitrogens with one attached hydrogen (secondary N) is 1. The fraction of sp³-hybridized carbons (Fsp3) is 0.276. The molecule has 1 heterocycles. The van der Waals surface area contributed by atoms with Crippen molar-refractivity contribution in [3.05, 3.63) is 101 Å². The van der Waals surface area contributed by atoms with Crippen LogP contribution in [0.4, 0.5) is 4.39 Å². The highest BCUT2D eigenvalue weighted by Gasteiger charge is 2.43. The zero-order valence-corrected chi connectivity index (χ0v) is 22.5. The topological polar surface area (TPSA) is 104 Å². The van der Waals surface area contributed by atoms with Crippen LogP contribution in [0.1, 0.15) is 35.3 Å². The van der Waals surface area contributed by atoms with Gasteiger partial charge in [-0.3, -0.25) is 14.4 Å². The molecule has 0 radical (unpaired) electrons. The zero-order valence-electron chi connectivity index (χ0n) is 21.7. The number of rotatable bonds is 10. The number of sulfonamides is 1. The number of carbonyl (C=O) groups excluding carboxylic acids is 3. The number of fused-ring (bicyclic) bond motifs is 1. The Morgan fingerprint density at radius 2 is 1.56 bits per heavy atom. The second-order valence-corrected chi connectivity index (χ2v) is 11.6. The Morgan fingerprint density at radius 1 is 0.923 bits per heavy atom. The highest BCUT2D eigenvalue weighted by atomic mass is 32.2. The highest BCUT2D eigenvalue weighted by Crippen LogP contribution is 2.30. The molecule has 3 aromatic carbocycles. The van der Waals surface area contributed by atoms with E-state index in [0.29, 0.717) is 16.4 Å². The van der Waals surface area contributed by atoms with E-state index in [1.165, 1.54) is 47.4 Å². The van der Waals surface area contributed by atoms with Crippen LogP contribution in [0, 0.1) is 11.7 Å². The predicted molar refractivity (Wildman–Crippen MR) is 143 cm³/mol. The lowest BCUT2D eigenvalue weighted by Gasteiger charge is -2.32. The third-order valence-corrected chi connectivity index (χ3v) is 8.20. The van der Waals surface area contributed by atoms with Gasteiger partial charge in [0, 0.05) is 19.5 Å². The Bertz CT molecular complexity index is 1460. The quantitative estimate of drug-likeness (QED) is 0.416. The Morgan fingerprint density at radius 3 is 2.21 bits per heavy atom. The lowest BCUT2D eigenvalue weighted by atomic mass is 10.0. The monoisotopic (exact) mass is 551 g/mol. The van der Waals surface area contributed by atoms with Crippen LogP contribution in [0.5, 0.6) is 0 Å². The van der Waals surface area contributed by atoms with E-state index < -0.39 is 46.1 Å². The standard InChI is InChI=1S/C29H30FN3O5S/c1-20(2)17-31-28(35)25(16-21-8-4-3-5-9-21)32(18-22-12-14-23(30)15-13-22)27(34)19-33-29(36)24-10-6-7-11-26(24)39(33,37)38/h3-15,20,25H,16-19H2,1-2H3,(H,31,35). The first kappa shape index (κ1) is 28.0. The number of halogens is 1. The Kier molecular flexibility index (Phi) is 8.44. The largest absolute Gasteiger partial charge is 0.354 e. The summed E-state index contributed by atoms with van der Waals surface area (Å²) in [4.78, 5) is 41.4. The van der Waals surface area contributed by atoms with Gasteiger partial charge in [-0.05, 0) is 41.3 Å². The molecule has 39 heavy (non-hydrogen) atoms. The Labute approximate surface area is 227 Å². The maximum Gasteiger partial charge on any atom is 0.269 e. The fourth-order valence-electron chi connectivity index (χ4n) is 4.36. The summed E-state index contributed by atoms with van der Waals surface area (Å²) in [6.07, 6.45) is 0.151. The number of carbonyl (C=O) groups is 3. The van der Waals surface area contributed by atoms with E-state index in [1.807, 2.05) is 44.2 Å². The first-order chi connectivity index (χ1) is 18.6. The molecule has 1 aliphatic heterocycles. The number of amides is 3. The molecule has 1 atom stereocenters. The maximum atomic E-state index is 13.8. The van der Waals surface area contributed by atoms with Crippen molar-refractivity contribution in [2.45, 2.75) is 37.8 Å². The van der Waals surface area contributed by atoms with E-state index in [9.17, 15) is 27.2 Å². The number of hydrogen-bond donors (Lipinski definition) is 1. The predicted octanol–water partition coefficient (Wildman–Crippen LogP) is 3.38. The van der Waals surface area contributed by atoms with Gasteiger partial charge in [-0.1, -0.05) is 68.4 Å². The van der Waals surface area contributed by atoms with Crippen molar-refractivity contribution in [2.75, 3.05) is 13.1 Å². The summed E-state index contributed by atoms with van der Waals surface area (Å²) in [6, 6.07) is 19.3. The molecule has 0 saturated carbocycles. The minimum Gasteiger partial charge on any atom is -0.354 e. The van der Waals surface area contributed by atoms with Crippen LogP contribution >= 0.6 is 0 Å². The fourth-order valence-corrected chi connectivity index (χ4v) is 5.88. The smallest absolute Gasteiger partial charge is 0.269 e. The van der Waals surface area contributed by atoms with Gasteiger partial charge in [-0.2, -0.15) is 0 Å². The van der Waals surface area contributed by atoms with Crippen molar-refractivity contribution in [3.63, 3.8) is 0 Å². The molecular weight excluding hydrogens is 521 g/mol. The van der Waals surface area contributed by atoms with Crippen LogP contribution in [-0.2, 0) is 32.6 Å². The van der Waals surface area contributed by atoms with Crippen molar-refractivity contribution >= 4 is 27.7 Å². The summed E-state index contributed by atoms with van der Waals surface area (Å²) < 4.78 is 40.4. The molecule has 4 rings (SSSR count). The minimum atomic E-state index is -4.24. The number of hydrogen-bond acceptors (Lipinski definition) is 5. The van der Waals surface area contributed by atoms with Gasteiger partial charge in [0.15, 0.2) is 0 Å². The molecular formula is C29H30FN3O5S. The molecule has 3 amide bonds. The molecule has 0 saturated heterocycles.